The van der Waals surface area contributed by atoms with Gasteiger partial charge in [-0.25, -0.2) is 0 Å². The third kappa shape index (κ3) is 3.84. The Morgan fingerprint density at radius 2 is 2.00 bits per heavy atom. The smallest absolute Gasteiger partial charge is 0.0568 e. The zero-order valence-corrected chi connectivity index (χ0v) is 11.5. The van der Waals surface area contributed by atoms with E-state index in [1.807, 2.05) is 0 Å². The normalized spacial score (nSPS) is 25.2. The number of aliphatic hydroxyl groups is 1. The van der Waals surface area contributed by atoms with E-state index in [2.05, 4.69) is 37.3 Å². The Kier molecular flexibility index (Phi) is 5.25. The average Bonchev–Trinajstić information content (AvgIpc) is 2.89. The Hall–Kier alpha value is -0.820. The van der Waals surface area contributed by atoms with Crippen LogP contribution >= 0.6 is 0 Å². The molecular formula is C17H26O. The van der Waals surface area contributed by atoms with Crippen LogP contribution in [0, 0.1) is 11.8 Å². The van der Waals surface area contributed by atoms with Crippen molar-refractivity contribution in [1.82, 2.24) is 0 Å². The highest BCUT2D eigenvalue weighted by Crippen LogP contribution is 2.36. The molecule has 1 aliphatic rings. The first-order valence-electron chi connectivity index (χ1n) is 7.51. The summed E-state index contributed by atoms with van der Waals surface area (Å²) in [5.74, 6) is 1.45. The van der Waals surface area contributed by atoms with Crippen molar-refractivity contribution < 1.29 is 5.11 Å². The molecule has 0 saturated heterocycles. The number of benzene rings is 1. The van der Waals surface area contributed by atoms with E-state index in [0.29, 0.717) is 5.92 Å². The summed E-state index contributed by atoms with van der Waals surface area (Å²) in [6.07, 6.45) is 8.22. The number of aryl methyl sites for hydroxylation is 1. The fraction of sp³-hybridized carbons (Fsp3) is 0.647. The number of hydrogen-bond acceptors (Lipinski definition) is 1. The molecule has 1 nitrogen and oxygen atoms in total. The first-order valence-corrected chi connectivity index (χ1v) is 7.51. The topological polar surface area (TPSA) is 20.2 Å². The minimum absolute atomic E-state index is 0.0646. The molecule has 1 aromatic carbocycles. The molecule has 0 amide bonds. The fourth-order valence-electron chi connectivity index (χ4n) is 3.23. The standard InChI is InChI=1S/C17H26O/c1-2-14-11-12-16(13-14)17(18)10-6-9-15-7-4-3-5-8-15/h3-5,7-8,14,16-18H,2,6,9-13H2,1H3. The van der Waals surface area contributed by atoms with Crippen LogP contribution in [-0.4, -0.2) is 11.2 Å². The molecule has 0 aromatic heterocycles. The Morgan fingerprint density at radius 1 is 1.22 bits per heavy atom. The fourth-order valence-corrected chi connectivity index (χ4v) is 3.23. The van der Waals surface area contributed by atoms with E-state index in [0.717, 1.165) is 25.2 Å². The van der Waals surface area contributed by atoms with Gasteiger partial charge in [-0.15, -0.1) is 0 Å². The summed E-state index contributed by atoms with van der Waals surface area (Å²) in [5.41, 5.74) is 1.39. The highest BCUT2D eigenvalue weighted by molar-refractivity contribution is 5.14. The summed E-state index contributed by atoms with van der Waals surface area (Å²) in [6, 6.07) is 10.6. The number of hydrogen-bond donors (Lipinski definition) is 1. The van der Waals surface area contributed by atoms with Crippen LogP contribution in [0.15, 0.2) is 30.3 Å². The van der Waals surface area contributed by atoms with E-state index in [1.54, 1.807) is 0 Å². The van der Waals surface area contributed by atoms with Gasteiger partial charge in [0.15, 0.2) is 0 Å². The van der Waals surface area contributed by atoms with E-state index < -0.39 is 0 Å². The van der Waals surface area contributed by atoms with Gasteiger partial charge in [0.05, 0.1) is 6.10 Å². The molecule has 0 spiro atoms. The van der Waals surface area contributed by atoms with Crippen molar-refractivity contribution in [2.75, 3.05) is 0 Å². The zero-order valence-electron chi connectivity index (χ0n) is 11.5. The minimum Gasteiger partial charge on any atom is -0.393 e. The second-order valence-electron chi connectivity index (χ2n) is 5.79. The van der Waals surface area contributed by atoms with E-state index in [1.165, 1.54) is 31.2 Å². The SMILES string of the molecule is CCC1CCC(C(O)CCCc2ccccc2)C1. The average molecular weight is 246 g/mol. The Balaban J connectivity index is 1.68. The molecule has 1 saturated carbocycles. The predicted molar refractivity (Wildman–Crippen MR) is 76.5 cm³/mol. The highest BCUT2D eigenvalue weighted by atomic mass is 16.3. The number of aliphatic hydroxyl groups excluding tert-OH is 1. The molecule has 1 heteroatoms. The van der Waals surface area contributed by atoms with Gasteiger partial charge in [-0.1, -0.05) is 50.1 Å². The molecule has 2 rings (SSSR count). The molecule has 18 heavy (non-hydrogen) atoms. The van der Waals surface area contributed by atoms with E-state index in [4.69, 9.17) is 0 Å². The number of rotatable bonds is 6. The lowest BCUT2D eigenvalue weighted by Crippen LogP contribution is -2.18. The van der Waals surface area contributed by atoms with Gasteiger partial charge in [0.1, 0.15) is 0 Å². The first-order chi connectivity index (χ1) is 8.79. The molecular weight excluding hydrogens is 220 g/mol. The van der Waals surface area contributed by atoms with Gasteiger partial charge >= 0.3 is 0 Å². The van der Waals surface area contributed by atoms with Gasteiger partial charge in [0.2, 0.25) is 0 Å². The van der Waals surface area contributed by atoms with Crippen molar-refractivity contribution in [1.29, 1.82) is 0 Å². The van der Waals surface area contributed by atoms with Gasteiger partial charge in [-0.2, -0.15) is 0 Å². The second-order valence-corrected chi connectivity index (χ2v) is 5.79. The summed E-state index contributed by atoms with van der Waals surface area (Å²) >= 11 is 0. The van der Waals surface area contributed by atoms with Crippen molar-refractivity contribution in [3.63, 3.8) is 0 Å². The molecule has 1 aromatic rings. The summed E-state index contributed by atoms with van der Waals surface area (Å²) in [4.78, 5) is 0. The van der Waals surface area contributed by atoms with Gasteiger partial charge in [-0.05, 0) is 49.5 Å². The largest absolute Gasteiger partial charge is 0.393 e. The van der Waals surface area contributed by atoms with Crippen LogP contribution in [0.5, 0.6) is 0 Å². The Labute approximate surface area is 111 Å². The zero-order chi connectivity index (χ0) is 12.8. The third-order valence-electron chi connectivity index (χ3n) is 4.51. The highest BCUT2D eigenvalue weighted by Gasteiger charge is 2.28. The Bertz CT molecular complexity index is 333. The van der Waals surface area contributed by atoms with Crippen LogP contribution in [0.3, 0.4) is 0 Å². The summed E-state index contributed by atoms with van der Waals surface area (Å²) in [7, 11) is 0. The lowest BCUT2D eigenvalue weighted by Gasteiger charge is -2.18. The maximum Gasteiger partial charge on any atom is 0.0568 e. The van der Waals surface area contributed by atoms with Crippen molar-refractivity contribution >= 4 is 0 Å². The van der Waals surface area contributed by atoms with E-state index in [-0.39, 0.29) is 6.10 Å². The molecule has 0 bridgehead atoms. The van der Waals surface area contributed by atoms with Crippen molar-refractivity contribution in [2.24, 2.45) is 11.8 Å². The van der Waals surface area contributed by atoms with E-state index >= 15 is 0 Å². The monoisotopic (exact) mass is 246 g/mol. The van der Waals surface area contributed by atoms with Crippen LogP contribution in [-0.2, 0) is 6.42 Å². The van der Waals surface area contributed by atoms with Crippen LogP contribution < -0.4 is 0 Å². The van der Waals surface area contributed by atoms with E-state index in [9.17, 15) is 5.11 Å². The maximum absolute atomic E-state index is 10.2. The van der Waals surface area contributed by atoms with Crippen molar-refractivity contribution in [3.8, 4) is 0 Å². The van der Waals surface area contributed by atoms with Crippen LogP contribution in [0.2, 0.25) is 0 Å². The van der Waals surface area contributed by atoms with Crippen LogP contribution in [0.1, 0.15) is 51.0 Å². The molecule has 0 radical (unpaired) electrons. The van der Waals surface area contributed by atoms with Crippen LogP contribution in [0.25, 0.3) is 0 Å². The molecule has 3 atom stereocenters. The van der Waals surface area contributed by atoms with Gasteiger partial charge in [-0.3, -0.25) is 0 Å². The lowest BCUT2D eigenvalue weighted by molar-refractivity contribution is 0.0975. The van der Waals surface area contributed by atoms with Crippen molar-refractivity contribution in [3.05, 3.63) is 35.9 Å². The van der Waals surface area contributed by atoms with Gasteiger partial charge < -0.3 is 5.11 Å². The van der Waals surface area contributed by atoms with Gasteiger partial charge in [0.25, 0.3) is 0 Å². The molecule has 3 unspecified atom stereocenters. The third-order valence-corrected chi connectivity index (χ3v) is 4.51. The molecule has 0 aliphatic heterocycles. The minimum atomic E-state index is -0.0646. The Morgan fingerprint density at radius 3 is 2.67 bits per heavy atom. The molecule has 1 fully saturated rings. The summed E-state index contributed by atoms with van der Waals surface area (Å²) < 4.78 is 0. The summed E-state index contributed by atoms with van der Waals surface area (Å²) in [5, 5.41) is 10.2. The maximum atomic E-state index is 10.2. The lowest BCUT2D eigenvalue weighted by atomic mass is 9.94. The molecule has 1 aliphatic carbocycles. The molecule has 100 valence electrons. The van der Waals surface area contributed by atoms with Gasteiger partial charge in [0, 0.05) is 0 Å². The summed E-state index contributed by atoms with van der Waals surface area (Å²) in [6.45, 7) is 2.27. The van der Waals surface area contributed by atoms with Crippen molar-refractivity contribution in [2.45, 2.75) is 58.0 Å². The second kappa shape index (κ2) is 6.94. The molecule has 1 N–H and O–H groups in total. The van der Waals surface area contributed by atoms with Crippen LogP contribution in [0.4, 0.5) is 0 Å². The quantitative estimate of drug-likeness (QED) is 0.797. The first kappa shape index (κ1) is 13.6. The molecule has 0 heterocycles. The predicted octanol–water partition coefficient (Wildman–Crippen LogP) is 4.20.